The van der Waals surface area contributed by atoms with E-state index in [9.17, 15) is 9.59 Å². The van der Waals surface area contributed by atoms with E-state index in [2.05, 4.69) is 20.9 Å². The van der Waals surface area contributed by atoms with Crippen molar-refractivity contribution in [1.29, 1.82) is 0 Å². The van der Waals surface area contributed by atoms with E-state index in [1.165, 1.54) is 4.90 Å². The minimum absolute atomic E-state index is 0.171. The average molecular weight is 390 g/mol. The van der Waals surface area contributed by atoms with Gasteiger partial charge in [0.05, 0.1) is 25.5 Å². The largest absolute Gasteiger partial charge is 0.497 e. The number of halogens is 1. The third-order valence-corrected chi connectivity index (χ3v) is 4.25. The molecule has 0 radical (unpaired) electrons. The zero-order valence-electron chi connectivity index (χ0n) is 13.1. The van der Waals surface area contributed by atoms with Crippen molar-refractivity contribution >= 4 is 33.6 Å². The predicted octanol–water partition coefficient (Wildman–Crippen LogP) is 3.21. The van der Waals surface area contributed by atoms with Crippen molar-refractivity contribution in [3.05, 3.63) is 52.8 Å². The fourth-order valence-electron chi connectivity index (χ4n) is 2.55. The number of carbonyl (C=O) groups is 2. The Hall–Kier alpha value is -2.41. The normalized spacial score (nSPS) is 14.9. The van der Waals surface area contributed by atoms with E-state index < -0.39 is 0 Å². The Morgan fingerprint density at radius 3 is 2.62 bits per heavy atom. The molecule has 0 atom stereocenters. The number of hydrogen-bond acceptors (Lipinski definition) is 4. The zero-order chi connectivity index (χ0) is 17.1. The predicted molar refractivity (Wildman–Crippen MR) is 92.8 cm³/mol. The lowest BCUT2D eigenvalue weighted by Crippen LogP contribution is -2.52. The van der Waals surface area contributed by atoms with E-state index in [1.54, 1.807) is 24.4 Å². The highest BCUT2D eigenvalue weighted by atomic mass is 79.9. The third kappa shape index (κ3) is 3.41. The van der Waals surface area contributed by atoms with Crippen LogP contribution in [0.15, 0.2) is 47.2 Å². The third-order valence-electron chi connectivity index (χ3n) is 3.81. The van der Waals surface area contributed by atoms with Crippen LogP contribution in [0.2, 0.25) is 0 Å². The van der Waals surface area contributed by atoms with Crippen LogP contribution in [-0.4, -0.2) is 35.5 Å². The van der Waals surface area contributed by atoms with E-state index in [-0.39, 0.29) is 24.9 Å². The number of aromatic nitrogens is 1. The molecule has 7 heteroatoms. The molecular weight excluding hydrogens is 374 g/mol. The number of rotatable bonds is 4. The van der Waals surface area contributed by atoms with Crippen molar-refractivity contribution in [1.82, 2.24) is 9.88 Å². The van der Waals surface area contributed by atoms with Gasteiger partial charge < -0.3 is 4.74 Å². The van der Waals surface area contributed by atoms with Crippen LogP contribution in [-0.2, 0) is 11.3 Å². The van der Waals surface area contributed by atoms with Crippen LogP contribution in [0, 0.1) is 0 Å². The van der Waals surface area contributed by atoms with E-state index >= 15 is 0 Å². The maximum Gasteiger partial charge on any atom is 0.331 e. The molecule has 3 rings (SSSR count). The van der Waals surface area contributed by atoms with Crippen molar-refractivity contribution in [2.45, 2.75) is 13.0 Å². The van der Waals surface area contributed by atoms with Crippen LogP contribution >= 0.6 is 15.9 Å². The molecule has 2 aromatic rings. The molecule has 1 aliphatic heterocycles. The topological polar surface area (TPSA) is 62.7 Å². The molecule has 1 aromatic heterocycles. The quantitative estimate of drug-likeness (QED) is 0.805. The summed E-state index contributed by atoms with van der Waals surface area (Å²) >= 11 is 3.35. The van der Waals surface area contributed by atoms with Crippen molar-refractivity contribution in [3.63, 3.8) is 0 Å². The van der Waals surface area contributed by atoms with Crippen molar-refractivity contribution in [2.24, 2.45) is 0 Å². The lowest BCUT2D eigenvalue weighted by atomic mass is 10.1. The summed E-state index contributed by atoms with van der Waals surface area (Å²) < 4.78 is 5.90. The summed E-state index contributed by atoms with van der Waals surface area (Å²) in [6.45, 7) is 0.592. The molecule has 0 bridgehead atoms. The molecule has 3 amide bonds. The maximum absolute atomic E-state index is 12.7. The molecule has 2 heterocycles. The fraction of sp³-hybridized carbons (Fsp3) is 0.235. The van der Waals surface area contributed by atoms with Gasteiger partial charge in [0.2, 0.25) is 5.91 Å². The highest BCUT2D eigenvalue weighted by Gasteiger charge is 2.33. The van der Waals surface area contributed by atoms with E-state index in [0.29, 0.717) is 12.2 Å². The number of pyridine rings is 1. The molecule has 124 valence electrons. The zero-order valence-corrected chi connectivity index (χ0v) is 14.7. The summed E-state index contributed by atoms with van der Waals surface area (Å²) in [6, 6.07) is 8.79. The fourth-order valence-corrected chi connectivity index (χ4v) is 2.90. The molecule has 0 saturated carbocycles. The van der Waals surface area contributed by atoms with Gasteiger partial charge in [0, 0.05) is 23.6 Å². The summed E-state index contributed by atoms with van der Waals surface area (Å²) in [5.41, 5.74) is 1.54. The first-order chi connectivity index (χ1) is 11.6. The second-order valence-corrected chi connectivity index (χ2v) is 6.29. The van der Waals surface area contributed by atoms with Gasteiger partial charge in [-0.25, -0.2) is 4.79 Å². The van der Waals surface area contributed by atoms with Gasteiger partial charge in [0.1, 0.15) is 5.75 Å². The summed E-state index contributed by atoms with van der Waals surface area (Å²) in [5.74, 6) is 0.562. The van der Waals surface area contributed by atoms with E-state index in [0.717, 1.165) is 15.8 Å². The molecule has 24 heavy (non-hydrogen) atoms. The van der Waals surface area contributed by atoms with Crippen molar-refractivity contribution < 1.29 is 14.3 Å². The molecule has 1 aliphatic rings. The number of imide groups is 1. The first-order valence-electron chi connectivity index (χ1n) is 7.44. The minimum atomic E-state index is -0.332. The van der Waals surface area contributed by atoms with Crippen LogP contribution in [0.25, 0.3) is 0 Å². The Balaban J connectivity index is 1.80. The Bertz CT molecular complexity index is 764. The van der Waals surface area contributed by atoms with Gasteiger partial charge in [-0.15, -0.1) is 0 Å². The summed E-state index contributed by atoms with van der Waals surface area (Å²) in [5, 5.41) is 0. The maximum atomic E-state index is 12.7. The number of anilines is 1. The van der Waals surface area contributed by atoms with Gasteiger partial charge in [0.15, 0.2) is 0 Å². The standard InChI is InChI=1S/C17H16BrN3O3/c1-24-15-4-2-12(3-5-15)11-21-16(22)6-7-20(17(21)23)14-8-13(18)9-19-10-14/h2-5,8-10H,6-7,11H2,1H3. The molecule has 1 fully saturated rings. The van der Waals surface area contributed by atoms with Crippen molar-refractivity contribution in [3.8, 4) is 5.75 Å². The number of nitrogens with zero attached hydrogens (tertiary/aromatic N) is 3. The number of benzene rings is 1. The van der Waals surface area contributed by atoms with Crippen LogP contribution in [0.5, 0.6) is 5.75 Å². The number of ether oxygens (including phenoxy) is 1. The van der Waals surface area contributed by atoms with Crippen LogP contribution in [0.3, 0.4) is 0 Å². The van der Waals surface area contributed by atoms with Gasteiger partial charge in [-0.2, -0.15) is 0 Å². The monoisotopic (exact) mass is 389 g/mol. The molecule has 0 unspecified atom stereocenters. The number of methoxy groups -OCH3 is 1. The average Bonchev–Trinajstić information content (AvgIpc) is 2.59. The van der Waals surface area contributed by atoms with E-state index in [4.69, 9.17) is 4.74 Å². The van der Waals surface area contributed by atoms with Gasteiger partial charge in [-0.1, -0.05) is 12.1 Å². The lowest BCUT2D eigenvalue weighted by Gasteiger charge is -2.34. The van der Waals surface area contributed by atoms with E-state index in [1.807, 2.05) is 30.3 Å². The van der Waals surface area contributed by atoms with Crippen LogP contribution in [0.1, 0.15) is 12.0 Å². The first kappa shape index (κ1) is 16.4. The van der Waals surface area contributed by atoms with Crippen LogP contribution < -0.4 is 9.64 Å². The highest BCUT2D eigenvalue weighted by molar-refractivity contribution is 9.10. The Labute approximate surface area is 148 Å². The molecular formula is C17H16BrN3O3. The second-order valence-electron chi connectivity index (χ2n) is 5.37. The second kappa shape index (κ2) is 7.00. The Kier molecular flexibility index (Phi) is 4.80. The SMILES string of the molecule is COc1ccc(CN2C(=O)CCN(c3cncc(Br)c3)C2=O)cc1. The summed E-state index contributed by atoms with van der Waals surface area (Å²) in [6.07, 6.45) is 3.55. The molecule has 0 spiro atoms. The van der Waals surface area contributed by atoms with Crippen LogP contribution in [0.4, 0.5) is 10.5 Å². The molecule has 6 nitrogen and oxygen atoms in total. The molecule has 1 aromatic carbocycles. The smallest absolute Gasteiger partial charge is 0.331 e. The van der Waals surface area contributed by atoms with Crippen molar-refractivity contribution in [2.75, 3.05) is 18.6 Å². The molecule has 0 N–H and O–H groups in total. The summed E-state index contributed by atoms with van der Waals surface area (Å²) in [7, 11) is 1.59. The van der Waals surface area contributed by atoms with Gasteiger partial charge in [-0.05, 0) is 39.7 Å². The number of carbonyl (C=O) groups excluding carboxylic acids is 2. The highest BCUT2D eigenvalue weighted by Crippen LogP contribution is 2.24. The summed E-state index contributed by atoms with van der Waals surface area (Å²) in [4.78, 5) is 31.9. The molecule has 0 aliphatic carbocycles. The number of urea groups is 1. The first-order valence-corrected chi connectivity index (χ1v) is 8.23. The lowest BCUT2D eigenvalue weighted by molar-refractivity contribution is -0.129. The Morgan fingerprint density at radius 1 is 1.21 bits per heavy atom. The van der Waals surface area contributed by atoms with Gasteiger partial charge in [0.25, 0.3) is 0 Å². The number of hydrogen-bond donors (Lipinski definition) is 0. The number of amides is 3. The molecule has 1 saturated heterocycles. The van der Waals surface area contributed by atoms with Gasteiger partial charge >= 0.3 is 6.03 Å². The van der Waals surface area contributed by atoms with Gasteiger partial charge in [-0.3, -0.25) is 19.6 Å². The minimum Gasteiger partial charge on any atom is -0.497 e. The Morgan fingerprint density at radius 2 is 1.96 bits per heavy atom.